The minimum Gasteiger partial charge on any atom is -0.465 e. The molecule has 0 atom stereocenters. The summed E-state index contributed by atoms with van der Waals surface area (Å²) in [5.41, 5.74) is 2.95. The number of aromatic nitrogens is 1. The van der Waals surface area contributed by atoms with E-state index in [0.29, 0.717) is 11.6 Å². The molecule has 3 rings (SSSR count). The second-order valence-electron chi connectivity index (χ2n) is 4.79. The highest BCUT2D eigenvalue weighted by Gasteiger charge is 2.26. The molecule has 0 N–H and O–H groups in total. The Morgan fingerprint density at radius 1 is 1.44 bits per heavy atom. The third-order valence-corrected chi connectivity index (χ3v) is 4.06. The first-order valence-corrected chi connectivity index (χ1v) is 6.80. The highest BCUT2D eigenvalue weighted by atomic mass is 79.9. The molecule has 3 nitrogen and oxygen atoms in total. The lowest BCUT2D eigenvalue weighted by molar-refractivity contribution is 0.0601. The van der Waals surface area contributed by atoms with Crippen LogP contribution < -0.4 is 0 Å². The van der Waals surface area contributed by atoms with Gasteiger partial charge in [0.15, 0.2) is 0 Å². The number of halogens is 1. The quantitative estimate of drug-likeness (QED) is 0.790. The molecule has 2 aromatic rings. The van der Waals surface area contributed by atoms with Gasteiger partial charge in [-0.2, -0.15) is 0 Å². The zero-order valence-electron chi connectivity index (χ0n) is 10.4. The lowest BCUT2D eigenvalue weighted by atomic mass is 10.1. The Morgan fingerprint density at radius 3 is 2.78 bits per heavy atom. The van der Waals surface area contributed by atoms with Crippen molar-refractivity contribution in [1.29, 1.82) is 0 Å². The average Bonchev–Trinajstić information content (AvgIpc) is 3.13. The lowest BCUT2D eigenvalue weighted by Gasteiger charge is -2.06. The summed E-state index contributed by atoms with van der Waals surface area (Å²) < 4.78 is 8.03. The fourth-order valence-electron chi connectivity index (χ4n) is 2.42. The molecule has 4 heteroatoms. The lowest BCUT2D eigenvalue weighted by Crippen LogP contribution is -2.02. The zero-order chi connectivity index (χ0) is 12.9. The smallest absolute Gasteiger partial charge is 0.337 e. The number of carbonyl (C=O) groups excluding carboxylic acids is 1. The first kappa shape index (κ1) is 11.8. The Hall–Kier alpha value is -1.29. The standard InChI is InChI=1S/C14H14BrNO2/c1-8-7-16(10-3-4-10)12-6-9(14(17)18-2)5-11(15)13(8)12/h5-7,10H,3-4H2,1-2H3. The summed E-state index contributed by atoms with van der Waals surface area (Å²) in [4.78, 5) is 11.7. The molecule has 18 heavy (non-hydrogen) atoms. The molecule has 1 aliphatic rings. The maximum absolute atomic E-state index is 11.7. The van der Waals surface area contributed by atoms with Crippen molar-refractivity contribution in [3.05, 3.63) is 33.9 Å². The molecule has 1 saturated carbocycles. The number of hydrogen-bond acceptors (Lipinski definition) is 2. The van der Waals surface area contributed by atoms with Crippen molar-refractivity contribution in [2.75, 3.05) is 7.11 Å². The van der Waals surface area contributed by atoms with Crippen LogP contribution >= 0.6 is 15.9 Å². The summed E-state index contributed by atoms with van der Waals surface area (Å²) in [6.45, 7) is 2.10. The number of fused-ring (bicyclic) bond motifs is 1. The molecule has 0 aliphatic heterocycles. The van der Waals surface area contributed by atoms with Crippen LogP contribution in [0.5, 0.6) is 0 Å². The number of methoxy groups -OCH3 is 1. The number of carbonyl (C=O) groups is 1. The Labute approximate surface area is 114 Å². The van der Waals surface area contributed by atoms with Gasteiger partial charge in [0.05, 0.1) is 18.2 Å². The van der Waals surface area contributed by atoms with E-state index in [1.165, 1.54) is 30.9 Å². The van der Waals surface area contributed by atoms with E-state index in [9.17, 15) is 4.79 Å². The predicted octanol–water partition coefficient (Wildman–Crippen LogP) is 3.83. The van der Waals surface area contributed by atoms with E-state index in [-0.39, 0.29) is 5.97 Å². The second kappa shape index (κ2) is 4.12. The molecule has 1 fully saturated rings. The number of ether oxygens (including phenoxy) is 1. The first-order chi connectivity index (χ1) is 8.61. The average molecular weight is 308 g/mol. The minimum atomic E-state index is -0.293. The van der Waals surface area contributed by atoms with Crippen LogP contribution in [0.4, 0.5) is 0 Å². The Morgan fingerprint density at radius 2 is 2.17 bits per heavy atom. The van der Waals surface area contributed by atoms with Crippen molar-refractivity contribution >= 4 is 32.8 Å². The third-order valence-electron chi connectivity index (χ3n) is 3.44. The summed E-state index contributed by atoms with van der Waals surface area (Å²) in [6, 6.07) is 4.36. The van der Waals surface area contributed by atoms with Crippen molar-refractivity contribution in [3.8, 4) is 0 Å². The van der Waals surface area contributed by atoms with Crippen LogP contribution in [0, 0.1) is 6.92 Å². The number of benzene rings is 1. The molecule has 0 saturated heterocycles. The topological polar surface area (TPSA) is 31.2 Å². The summed E-state index contributed by atoms with van der Waals surface area (Å²) in [6.07, 6.45) is 4.63. The van der Waals surface area contributed by atoms with E-state index in [4.69, 9.17) is 4.74 Å². The van der Waals surface area contributed by atoms with Gasteiger partial charge in [0.2, 0.25) is 0 Å². The fourth-order valence-corrected chi connectivity index (χ4v) is 3.18. The van der Waals surface area contributed by atoms with Gasteiger partial charge in [0.25, 0.3) is 0 Å². The molecule has 94 valence electrons. The molecule has 0 spiro atoms. The van der Waals surface area contributed by atoms with E-state index in [0.717, 1.165) is 9.99 Å². The molecular formula is C14H14BrNO2. The van der Waals surface area contributed by atoms with Gasteiger partial charge in [-0.3, -0.25) is 0 Å². The first-order valence-electron chi connectivity index (χ1n) is 6.01. The fraction of sp³-hybridized carbons (Fsp3) is 0.357. The van der Waals surface area contributed by atoms with Gasteiger partial charge in [-0.1, -0.05) is 15.9 Å². The molecule has 1 aromatic heterocycles. The summed E-state index contributed by atoms with van der Waals surface area (Å²) in [5, 5.41) is 1.19. The summed E-state index contributed by atoms with van der Waals surface area (Å²) in [7, 11) is 1.41. The van der Waals surface area contributed by atoms with Gasteiger partial charge < -0.3 is 9.30 Å². The number of aryl methyl sites for hydroxylation is 1. The van der Waals surface area contributed by atoms with Gasteiger partial charge >= 0.3 is 5.97 Å². The highest BCUT2D eigenvalue weighted by molar-refractivity contribution is 9.10. The molecular weight excluding hydrogens is 294 g/mol. The molecule has 1 aromatic carbocycles. The van der Waals surface area contributed by atoms with Crippen LogP contribution in [-0.2, 0) is 4.74 Å². The van der Waals surface area contributed by atoms with Gasteiger partial charge in [-0.25, -0.2) is 4.79 Å². The number of nitrogens with zero attached hydrogens (tertiary/aromatic N) is 1. The van der Waals surface area contributed by atoms with Crippen molar-refractivity contribution in [2.24, 2.45) is 0 Å². The SMILES string of the molecule is COC(=O)c1cc(Br)c2c(C)cn(C3CC3)c2c1. The van der Waals surface area contributed by atoms with Gasteiger partial charge in [-0.15, -0.1) is 0 Å². The van der Waals surface area contributed by atoms with Crippen molar-refractivity contribution in [2.45, 2.75) is 25.8 Å². The maximum Gasteiger partial charge on any atom is 0.337 e. The Balaban J connectivity index is 2.26. The predicted molar refractivity (Wildman–Crippen MR) is 74.0 cm³/mol. The number of esters is 1. The van der Waals surface area contributed by atoms with Crippen LogP contribution in [-0.4, -0.2) is 17.6 Å². The Bertz CT molecular complexity index is 641. The van der Waals surface area contributed by atoms with Crippen LogP contribution in [0.3, 0.4) is 0 Å². The molecule has 0 unspecified atom stereocenters. The monoisotopic (exact) mass is 307 g/mol. The van der Waals surface area contributed by atoms with E-state index in [2.05, 4.69) is 33.6 Å². The number of hydrogen-bond donors (Lipinski definition) is 0. The van der Waals surface area contributed by atoms with Crippen molar-refractivity contribution in [3.63, 3.8) is 0 Å². The second-order valence-corrected chi connectivity index (χ2v) is 5.65. The van der Waals surface area contributed by atoms with Gasteiger partial charge in [-0.05, 0) is 37.5 Å². The summed E-state index contributed by atoms with van der Waals surface area (Å²) in [5.74, 6) is -0.293. The zero-order valence-corrected chi connectivity index (χ0v) is 12.0. The maximum atomic E-state index is 11.7. The van der Waals surface area contributed by atoms with Crippen molar-refractivity contribution < 1.29 is 9.53 Å². The van der Waals surface area contributed by atoms with Crippen LogP contribution in [0.2, 0.25) is 0 Å². The van der Waals surface area contributed by atoms with Crippen LogP contribution in [0.15, 0.2) is 22.8 Å². The van der Waals surface area contributed by atoms with E-state index in [1.807, 2.05) is 12.1 Å². The highest BCUT2D eigenvalue weighted by Crippen LogP contribution is 2.40. The molecule has 0 bridgehead atoms. The van der Waals surface area contributed by atoms with E-state index >= 15 is 0 Å². The normalized spacial score (nSPS) is 15.1. The Kier molecular flexibility index (Phi) is 2.70. The van der Waals surface area contributed by atoms with Crippen LogP contribution in [0.1, 0.15) is 34.8 Å². The third kappa shape index (κ3) is 1.75. The van der Waals surface area contributed by atoms with Gasteiger partial charge in [0, 0.05) is 22.1 Å². The minimum absolute atomic E-state index is 0.293. The molecule has 1 aliphatic carbocycles. The largest absolute Gasteiger partial charge is 0.465 e. The number of rotatable bonds is 2. The molecule has 1 heterocycles. The van der Waals surface area contributed by atoms with E-state index in [1.54, 1.807) is 0 Å². The molecule has 0 radical (unpaired) electrons. The molecule has 0 amide bonds. The summed E-state index contributed by atoms with van der Waals surface area (Å²) >= 11 is 3.56. The van der Waals surface area contributed by atoms with Gasteiger partial charge in [0.1, 0.15) is 0 Å². The van der Waals surface area contributed by atoms with Crippen molar-refractivity contribution in [1.82, 2.24) is 4.57 Å². The van der Waals surface area contributed by atoms with E-state index < -0.39 is 0 Å². The van der Waals surface area contributed by atoms with Crippen LogP contribution in [0.25, 0.3) is 10.9 Å².